The van der Waals surface area contributed by atoms with Crippen LogP contribution in [0.3, 0.4) is 0 Å². The average molecular weight is 343 g/mol. The highest BCUT2D eigenvalue weighted by Crippen LogP contribution is 2.36. The molecule has 25 heavy (non-hydrogen) atoms. The predicted octanol–water partition coefficient (Wildman–Crippen LogP) is 7.46. The molecule has 2 unspecified atom stereocenters. The second-order valence-corrected chi connectivity index (χ2v) is 7.74. The Hall–Kier alpha value is -1.24. The lowest BCUT2D eigenvalue weighted by molar-refractivity contribution is -0.0478. The Morgan fingerprint density at radius 2 is 1.36 bits per heavy atom. The second kappa shape index (κ2) is 12.2. The zero-order valence-electron chi connectivity index (χ0n) is 16.3. The van der Waals surface area contributed by atoms with Gasteiger partial charge in [-0.2, -0.15) is 0 Å². The summed E-state index contributed by atoms with van der Waals surface area (Å²) in [6, 6.07) is 10.8. The number of ether oxygens (including phenoxy) is 1. The van der Waals surface area contributed by atoms with E-state index >= 15 is 0 Å². The maximum absolute atomic E-state index is 5.82. The quantitative estimate of drug-likeness (QED) is 0.319. The summed E-state index contributed by atoms with van der Waals surface area (Å²) < 4.78 is 5.82. The van der Waals surface area contributed by atoms with Crippen molar-refractivity contribution in [2.24, 2.45) is 5.92 Å². The van der Waals surface area contributed by atoms with Gasteiger partial charge in [0, 0.05) is 0 Å². The summed E-state index contributed by atoms with van der Waals surface area (Å²) in [5, 5.41) is 0. The Morgan fingerprint density at radius 3 is 1.92 bits per heavy atom. The molecule has 1 aromatic rings. The van der Waals surface area contributed by atoms with Crippen LogP contribution in [0.2, 0.25) is 0 Å². The van der Waals surface area contributed by atoms with E-state index in [0.717, 1.165) is 12.2 Å². The Balaban J connectivity index is 1.46. The molecule has 0 aromatic heterocycles. The largest absolute Gasteiger partial charge is 0.494 e. The van der Waals surface area contributed by atoms with Crippen LogP contribution in [0.5, 0.6) is 0 Å². The lowest BCUT2D eigenvalue weighted by Crippen LogP contribution is -2.38. The van der Waals surface area contributed by atoms with E-state index in [0.29, 0.717) is 12.0 Å². The molecular formula is C24H38O. The normalized spacial score (nSPS) is 19.5. The first-order valence-electron chi connectivity index (χ1n) is 10.7. The van der Waals surface area contributed by atoms with Gasteiger partial charge in [-0.3, -0.25) is 0 Å². The topological polar surface area (TPSA) is 9.23 Å². The maximum Gasteiger partial charge on any atom is 0.108 e. The van der Waals surface area contributed by atoms with Gasteiger partial charge in [-0.1, -0.05) is 108 Å². The third kappa shape index (κ3) is 7.67. The highest BCUT2D eigenvalue weighted by Gasteiger charge is 2.36. The van der Waals surface area contributed by atoms with Gasteiger partial charge in [0.2, 0.25) is 0 Å². The van der Waals surface area contributed by atoms with Crippen LogP contribution in [0.25, 0.3) is 0 Å². The lowest BCUT2D eigenvalue weighted by Gasteiger charge is -2.40. The van der Waals surface area contributed by atoms with Crippen molar-refractivity contribution in [2.75, 3.05) is 0 Å². The van der Waals surface area contributed by atoms with Crippen molar-refractivity contribution in [3.8, 4) is 0 Å². The number of benzene rings is 1. The molecule has 1 nitrogen and oxygen atoms in total. The third-order valence-electron chi connectivity index (χ3n) is 5.56. The minimum atomic E-state index is 0.409. The number of rotatable bonds is 14. The first kappa shape index (κ1) is 20.1. The fourth-order valence-electron chi connectivity index (χ4n) is 3.88. The molecule has 2 atom stereocenters. The van der Waals surface area contributed by atoms with E-state index in [4.69, 9.17) is 4.74 Å². The van der Waals surface area contributed by atoms with Gasteiger partial charge in [0.05, 0.1) is 11.7 Å². The fourth-order valence-corrected chi connectivity index (χ4v) is 3.88. The molecule has 1 heteroatoms. The number of hydrogen-bond donors (Lipinski definition) is 0. The van der Waals surface area contributed by atoms with Gasteiger partial charge in [0.25, 0.3) is 0 Å². The van der Waals surface area contributed by atoms with Crippen molar-refractivity contribution in [2.45, 2.75) is 96.5 Å². The summed E-state index contributed by atoms with van der Waals surface area (Å²) in [4.78, 5) is 0. The minimum absolute atomic E-state index is 0.409. The van der Waals surface area contributed by atoms with Crippen molar-refractivity contribution < 1.29 is 4.74 Å². The highest BCUT2D eigenvalue weighted by atomic mass is 16.5. The van der Waals surface area contributed by atoms with Gasteiger partial charge in [-0.25, -0.2) is 0 Å². The number of unbranched alkanes of at least 4 members (excludes halogenated alkanes) is 10. The van der Waals surface area contributed by atoms with Crippen LogP contribution in [0, 0.1) is 5.92 Å². The van der Waals surface area contributed by atoms with Crippen LogP contribution in [0.4, 0.5) is 0 Å². The lowest BCUT2D eigenvalue weighted by atomic mass is 9.85. The van der Waals surface area contributed by atoms with Crippen LogP contribution in [-0.2, 0) is 11.2 Å². The van der Waals surface area contributed by atoms with Gasteiger partial charge in [-0.15, -0.1) is 0 Å². The van der Waals surface area contributed by atoms with Crippen LogP contribution in [0.1, 0.15) is 89.5 Å². The standard InChI is InChI=1S/C24H38O/c1-3-4-5-6-7-8-9-10-11-12-16-19-24-23(21(2)25-24)20-22-17-14-13-15-18-22/h13-15,17-18,23-24H,2-12,16,19-20H2,1H3. The Bertz CT molecular complexity index is 464. The van der Waals surface area contributed by atoms with Crippen molar-refractivity contribution in [3.05, 3.63) is 48.2 Å². The van der Waals surface area contributed by atoms with E-state index in [1.165, 1.54) is 82.6 Å². The Kier molecular flexibility index (Phi) is 9.77. The van der Waals surface area contributed by atoms with Gasteiger partial charge in [0.1, 0.15) is 6.10 Å². The van der Waals surface area contributed by atoms with Gasteiger partial charge in [-0.05, 0) is 24.8 Å². The fraction of sp³-hybridized carbons (Fsp3) is 0.667. The molecule has 0 spiro atoms. The van der Waals surface area contributed by atoms with Gasteiger partial charge < -0.3 is 4.74 Å². The van der Waals surface area contributed by atoms with Crippen molar-refractivity contribution >= 4 is 0 Å². The third-order valence-corrected chi connectivity index (χ3v) is 5.56. The molecule has 1 fully saturated rings. The van der Waals surface area contributed by atoms with Crippen LogP contribution >= 0.6 is 0 Å². The van der Waals surface area contributed by atoms with E-state index in [9.17, 15) is 0 Å². The van der Waals surface area contributed by atoms with E-state index in [1.54, 1.807) is 0 Å². The summed E-state index contributed by atoms with van der Waals surface area (Å²) >= 11 is 0. The highest BCUT2D eigenvalue weighted by molar-refractivity contribution is 5.19. The van der Waals surface area contributed by atoms with Gasteiger partial charge >= 0.3 is 0 Å². The molecule has 1 saturated heterocycles. The maximum atomic E-state index is 5.82. The minimum Gasteiger partial charge on any atom is -0.494 e. The zero-order chi connectivity index (χ0) is 17.7. The monoisotopic (exact) mass is 342 g/mol. The molecule has 1 aliphatic heterocycles. The van der Waals surface area contributed by atoms with Gasteiger partial charge in [0.15, 0.2) is 0 Å². The summed E-state index contributed by atoms with van der Waals surface area (Å²) in [5.41, 5.74) is 1.40. The first-order valence-corrected chi connectivity index (χ1v) is 10.7. The van der Waals surface area contributed by atoms with E-state index < -0.39 is 0 Å². The molecule has 1 heterocycles. The predicted molar refractivity (Wildman–Crippen MR) is 109 cm³/mol. The molecule has 1 aliphatic rings. The first-order chi connectivity index (χ1) is 12.3. The second-order valence-electron chi connectivity index (χ2n) is 7.74. The summed E-state index contributed by atoms with van der Waals surface area (Å²) in [6.45, 7) is 6.36. The molecule has 1 aromatic carbocycles. The average Bonchev–Trinajstić information content (AvgIpc) is 2.64. The molecule has 0 amide bonds. The molecule has 0 radical (unpaired) electrons. The van der Waals surface area contributed by atoms with Crippen LogP contribution in [0.15, 0.2) is 42.7 Å². The molecule has 0 saturated carbocycles. The Morgan fingerprint density at radius 1 is 0.800 bits per heavy atom. The molecule has 140 valence electrons. The van der Waals surface area contributed by atoms with E-state index in [-0.39, 0.29) is 0 Å². The SMILES string of the molecule is C=C1OC(CCCCCCCCCCCCC)C1Cc1ccccc1. The number of hydrogen-bond acceptors (Lipinski definition) is 1. The molecule has 2 rings (SSSR count). The summed E-state index contributed by atoms with van der Waals surface area (Å²) in [6.07, 6.45) is 18.1. The van der Waals surface area contributed by atoms with Crippen LogP contribution in [-0.4, -0.2) is 6.10 Å². The molecule has 0 N–H and O–H groups in total. The molecule has 0 bridgehead atoms. The van der Waals surface area contributed by atoms with Crippen LogP contribution < -0.4 is 0 Å². The van der Waals surface area contributed by atoms with Crippen molar-refractivity contribution in [1.29, 1.82) is 0 Å². The summed E-state index contributed by atoms with van der Waals surface area (Å²) in [5.74, 6) is 1.53. The molecule has 0 aliphatic carbocycles. The Labute approximate surface area is 155 Å². The van der Waals surface area contributed by atoms with E-state index in [1.807, 2.05) is 0 Å². The van der Waals surface area contributed by atoms with Crippen molar-refractivity contribution in [3.63, 3.8) is 0 Å². The molecular weight excluding hydrogens is 304 g/mol. The van der Waals surface area contributed by atoms with Crippen molar-refractivity contribution in [1.82, 2.24) is 0 Å². The summed E-state index contributed by atoms with van der Waals surface area (Å²) in [7, 11) is 0. The smallest absolute Gasteiger partial charge is 0.108 e. The van der Waals surface area contributed by atoms with E-state index in [2.05, 4.69) is 43.8 Å². The zero-order valence-corrected chi connectivity index (χ0v) is 16.3.